The van der Waals surface area contributed by atoms with E-state index in [1.54, 1.807) is 12.1 Å². The van der Waals surface area contributed by atoms with Gasteiger partial charge in [-0.3, -0.25) is 4.79 Å². The van der Waals surface area contributed by atoms with Crippen molar-refractivity contribution in [2.75, 3.05) is 18.5 Å². The second kappa shape index (κ2) is 8.35. The smallest absolute Gasteiger partial charge is 0.241 e. The summed E-state index contributed by atoms with van der Waals surface area (Å²) in [7, 11) is 0. The summed E-state index contributed by atoms with van der Waals surface area (Å²) in [6, 6.07) is 5.23. The van der Waals surface area contributed by atoms with Crippen molar-refractivity contribution in [3.63, 3.8) is 0 Å². The molecule has 0 spiro atoms. The lowest BCUT2D eigenvalue weighted by atomic mass is 10.2. The Morgan fingerprint density at radius 2 is 2.35 bits per heavy atom. The fraction of sp³-hybridized carbons (Fsp3) is 0.500. The normalized spacial score (nSPS) is 17.4. The first-order valence-corrected chi connectivity index (χ1v) is 7.05. The summed E-state index contributed by atoms with van der Waals surface area (Å²) in [6.07, 6.45) is 2.86. The largest absolute Gasteiger partial charge is 0.492 e. The van der Waals surface area contributed by atoms with E-state index in [4.69, 9.17) is 16.3 Å². The molecule has 1 aliphatic rings. The maximum Gasteiger partial charge on any atom is 0.241 e. The van der Waals surface area contributed by atoms with Crippen molar-refractivity contribution in [3.8, 4) is 5.75 Å². The van der Waals surface area contributed by atoms with E-state index in [2.05, 4.69) is 10.6 Å². The number of carbonyl (C=O) groups excluding carboxylic acids is 1. The Morgan fingerprint density at radius 3 is 2.95 bits per heavy atom. The molecule has 0 aromatic heterocycles. The van der Waals surface area contributed by atoms with Gasteiger partial charge in [-0.25, -0.2) is 0 Å². The summed E-state index contributed by atoms with van der Waals surface area (Å²) in [4.78, 5) is 11.9. The Kier molecular flexibility index (Phi) is 7.13. The van der Waals surface area contributed by atoms with Crippen LogP contribution in [0.1, 0.15) is 26.2 Å². The predicted molar refractivity (Wildman–Crippen MR) is 84.1 cm³/mol. The van der Waals surface area contributed by atoms with Crippen LogP contribution in [-0.2, 0) is 4.79 Å². The van der Waals surface area contributed by atoms with Crippen molar-refractivity contribution in [3.05, 3.63) is 23.2 Å². The van der Waals surface area contributed by atoms with Crippen molar-refractivity contribution >= 4 is 35.6 Å². The third-order valence-corrected chi connectivity index (χ3v) is 3.33. The minimum absolute atomic E-state index is 0. The molecule has 1 aliphatic heterocycles. The van der Waals surface area contributed by atoms with Crippen molar-refractivity contribution < 1.29 is 9.53 Å². The zero-order valence-electron chi connectivity index (χ0n) is 11.4. The third kappa shape index (κ3) is 4.54. The van der Waals surface area contributed by atoms with Gasteiger partial charge < -0.3 is 15.4 Å². The van der Waals surface area contributed by atoms with E-state index >= 15 is 0 Å². The summed E-state index contributed by atoms with van der Waals surface area (Å²) in [5.74, 6) is 0.649. The van der Waals surface area contributed by atoms with Gasteiger partial charge in [0, 0.05) is 5.69 Å². The van der Waals surface area contributed by atoms with Crippen LogP contribution < -0.4 is 15.4 Å². The first-order valence-electron chi connectivity index (χ1n) is 6.67. The van der Waals surface area contributed by atoms with Crippen molar-refractivity contribution in [1.29, 1.82) is 0 Å². The highest BCUT2D eigenvalue weighted by molar-refractivity contribution is 6.32. The standard InChI is InChI=1S/C14H19ClN2O2.ClH/c1-2-8-19-13-6-5-10(9-11(13)15)17-14(18)12-4-3-7-16-12;/h5-6,9,12,16H,2-4,7-8H2,1H3,(H,17,18);1H. The number of hydrogen-bond acceptors (Lipinski definition) is 3. The molecule has 1 unspecified atom stereocenters. The lowest BCUT2D eigenvalue weighted by molar-refractivity contribution is -0.117. The Balaban J connectivity index is 0.00000200. The lowest BCUT2D eigenvalue weighted by Crippen LogP contribution is -2.35. The van der Waals surface area contributed by atoms with E-state index < -0.39 is 0 Å². The van der Waals surface area contributed by atoms with Crippen LogP contribution in [0.25, 0.3) is 0 Å². The summed E-state index contributed by atoms with van der Waals surface area (Å²) in [5, 5.41) is 6.55. The van der Waals surface area contributed by atoms with Gasteiger partial charge in [-0.2, -0.15) is 0 Å². The van der Waals surface area contributed by atoms with Crippen LogP contribution in [0.4, 0.5) is 5.69 Å². The summed E-state index contributed by atoms with van der Waals surface area (Å²) in [5.41, 5.74) is 0.701. The first kappa shape index (κ1) is 17.1. The van der Waals surface area contributed by atoms with E-state index in [0.717, 1.165) is 25.8 Å². The molecule has 20 heavy (non-hydrogen) atoms. The van der Waals surface area contributed by atoms with Gasteiger partial charge in [0.05, 0.1) is 17.7 Å². The molecule has 1 aromatic carbocycles. The van der Waals surface area contributed by atoms with Crippen molar-refractivity contribution in [1.82, 2.24) is 5.32 Å². The molecule has 1 aromatic rings. The number of amides is 1. The van der Waals surface area contributed by atoms with Crippen LogP contribution >= 0.6 is 24.0 Å². The fourth-order valence-corrected chi connectivity index (χ4v) is 2.28. The Labute approximate surface area is 130 Å². The van der Waals surface area contributed by atoms with E-state index in [-0.39, 0.29) is 24.4 Å². The minimum atomic E-state index is -0.0882. The monoisotopic (exact) mass is 318 g/mol. The molecule has 2 rings (SSSR count). The average molecular weight is 319 g/mol. The maximum absolute atomic E-state index is 11.9. The number of benzene rings is 1. The van der Waals surface area contributed by atoms with E-state index in [0.29, 0.717) is 23.1 Å². The zero-order chi connectivity index (χ0) is 13.7. The Morgan fingerprint density at radius 1 is 1.55 bits per heavy atom. The van der Waals surface area contributed by atoms with Crippen molar-refractivity contribution in [2.24, 2.45) is 0 Å². The Hall–Kier alpha value is -0.970. The number of carbonyl (C=O) groups is 1. The van der Waals surface area contributed by atoms with Crippen LogP contribution in [0, 0.1) is 0 Å². The maximum atomic E-state index is 11.9. The van der Waals surface area contributed by atoms with Gasteiger partial charge in [0.1, 0.15) is 5.75 Å². The second-order valence-electron chi connectivity index (χ2n) is 4.63. The zero-order valence-corrected chi connectivity index (χ0v) is 13.0. The molecule has 0 saturated carbocycles. The van der Waals surface area contributed by atoms with Crippen LogP contribution in [0.5, 0.6) is 5.75 Å². The van der Waals surface area contributed by atoms with Gasteiger partial charge in [0.2, 0.25) is 5.91 Å². The highest BCUT2D eigenvalue weighted by atomic mass is 35.5. The average Bonchev–Trinajstić information content (AvgIpc) is 2.92. The summed E-state index contributed by atoms with van der Waals surface area (Å²) >= 11 is 6.12. The van der Waals surface area contributed by atoms with Crippen LogP contribution in [-0.4, -0.2) is 25.1 Å². The minimum Gasteiger partial charge on any atom is -0.492 e. The van der Waals surface area contributed by atoms with Crippen LogP contribution in [0.15, 0.2) is 18.2 Å². The summed E-state index contributed by atoms with van der Waals surface area (Å²) < 4.78 is 5.49. The molecule has 1 heterocycles. The molecule has 112 valence electrons. The molecular formula is C14H20Cl2N2O2. The van der Waals surface area contributed by atoms with Crippen LogP contribution in [0.3, 0.4) is 0 Å². The van der Waals surface area contributed by atoms with Gasteiger partial charge in [0.15, 0.2) is 0 Å². The molecule has 0 bridgehead atoms. The third-order valence-electron chi connectivity index (χ3n) is 3.04. The first-order chi connectivity index (χ1) is 9.20. The predicted octanol–water partition coefficient (Wildman–Crippen LogP) is 3.24. The van der Waals surface area contributed by atoms with Gasteiger partial charge >= 0.3 is 0 Å². The second-order valence-corrected chi connectivity index (χ2v) is 5.04. The SMILES string of the molecule is CCCOc1ccc(NC(=O)C2CCCN2)cc1Cl.Cl. The van der Waals surface area contributed by atoms with E-state index in [9.17, 15) is 4.79 Å². The van der Waals surface area contributed by atoms with Gasteiger partial charge in [-0.1, -0.05) is 18.5 Å². The number of rotatable bonds is 5. The fourth-order valence-electron chi connectivity index (χ4n) is 2.05. The number of anilines is 1. The molecule has 0 radical (unpaired) electrons. The van der Waals surface area contributed by atoms with Crippen molar-refractivity contribution in [2.45, 2.75) is 32.2 Å². The van der Waals surface area contributed by atoms with Gasteiger partial charge in [0.25, 0.3) is 0 Å². The van der Waals surface area contributed by atoms with E-state index in [1.807, 2.05) is 13.0 Å². The quantitative estimate of drug-likeness (QED) is 0.876. The molecule has 1 amide bonds. The molecule has 4 nitrogen and oxygen atoms in total. The number of hydrogen-bond donors (Lipinski definition) is 2. The van der Waals surface area contributed by atoms with Crippen LogP contribution in [0.2, 0.25) is 5.02 Å². The molecule has 6 heteroatoms. The summed E-state index contributed by atoms with van der Waals surface area (Å²) in [6.45, 7) is 3.58. The van der Waals surface area contributed by atoms with Gasteiger partial charge in [-0.05, 0) is 44.0 Å². The number of ether oxygens (including phenoxy) is 1. The van der Waals surface area contributed by atoms with E-state index in [1.165, 1.54) is 0 Å². The molecule has 0 aliphatic carbocycles. The number of halogens is 2. The molecule has 1 saturated heterocycles. The lowest BCUT2D eigenvalue weighted by Gasteiger charge is -2.12. The number of nitrogens with one attached hydrogen (secondary N) is 2. The Bertz CT molecular complexity index is 449. The highest BCUT2D eigenvalue weighted by Crippen LogP contribution is 2.28. The topological polar surface area (TPSA) is 50.4 Å². The molecular weight excluding hydrogens is 299 g/mol. The molecule has 1 fully saturated rings. The highest BCUT2D eigenvalue weighted by Gasteiger charge is 2.21. The van der Waals surface area contributed by atoms with Gasteiger partial charge in [-0.15, -0.1) is 12.4 Å². The molecule has 2 N–H and O–H groups in total. The molecule has 1 atom stereocenters.